The molecule has 114 valence electrons. The van der Waals surface area contributed by atoms with E-state index in [9.17, 15) is 19.5 Å². The zero-order valence-corrected chi connectivity index (χ0v) is 12.0. The number of imide groups is 1. The topological polar surface area (TPSA) is 86.7 Å². The van der Waals surface area contributed by atoms with E-state index in [0.29, 0.717) is 29.7 Å². The van der Waals surface area contributed by atoms with E-state index in [2.05, 4.69) is 0 Å². The van der Waals surface area contributed by atoms with E-state index in [0.717, 1.165) is 17.7 Å². The summed E-state index contributed by atoms with van der Waals surface area (Å²) in [6.07, 6.45) is 3.03. The van der Waals surface area contributed by atoms with Gasteiger partial charge in [0.25, 0.3) is 11.8 Å². The number of carboxylic acids is 1. The highest BCUT2D eigenvalue weighted by atomic mass is 16.5. The summed E-state index contributed by atoms with van der Waals surface area (Å²) in [6.45, 7) is 0. The van der Waals surface area contributed by atoms with Crippen molar-refractivity contribution in [1.29, 1.82) is 0 Å². The molecule has 0 spiro atoms. The van der Waals surface area contributed by atoms with Gasteiger partial charge in [0.15, 0.2) is 0 Å². The summed E-state index contributed by atoms with van der Waals surface area (Å²) in [5, 5.41) is 11.0. The molecule has 22 heavy (non-hydrogen) atoms. The van der Waals surface area contributed by atoms with Crippen molar-refractivity contribution >= 4 is 23.5 Å². The Morgan fingerprint density at radius 1 is 1.14 bits per heavy atom. The average Bonchev–Trinajstić information content (AvgIpc) is 2.78. The Labute approximate surface area is 127 Å². The number of aromatic carboxylic acids is 1. The zero-order valence-electron chi connectivity index (χ0n) is 12.0. The van der Waals surface area contributed by atoms with Crippen molar-refractivity contribution < 1.29 is 24.2 Å². The number of amides is 2. The van der Waals surface area contributed by atoms with Gasteiger partial charge in [0.2, 0.25) is 0 Å². The first kappa shape index (κ1) is 14.3. The number of carbonyl (C=O) groups excluding carboxylic acids is 3. The number of carbonyl (C=O) groups is 3. The average molecular weight is 300 g/mol. The van der Waals surface area contributed by atoms with Gasteiger partial charge in [-0.05, 0) is 37.8 Å². The van der Waals surface area contributed by atoms with Gasteiger partial charge in [-0.15, -0.1) is 0 Å². The molecule has 0 N–H and O–H groups in total. The third-order valence-electron chi connectivity index (χ3n) is 4.05. The Morgan fingerprint density at radius 3 is 2.23 bits per heavy atom. The van der Waals surface area contributed by atoms with Crippen molar-refractivity contribution in [3.05, 3.63) is 34.9 Å². The maximum Gasteiger partial charge on any atom is 0.261 e. The molecule has 1 heterocycles. The molecular weight excluding hydrogens is 286 g/mol. The van der Waals surface area contributed by atoms with E-state index in [1.54, 1.807) is 0 Å². The van der Waals surface area contributed by atoms with Crippen LogP contribution in [0.1, 0.15) is 36.0 Å². The van der Waals surface area contributed by atoms with Crippen molar-refractivity contribution in [1.82, 2.24) is 0 Å². The number of nitrogens with zero attached hydrogens (tertiary/aromatic N) is 1. The monoisotopic (exact) mass is 300 g/mol. The SMILES string of the molecule is COc1cc(N2C(=O)C3=C(CCCC3)C2=O)ccc1C(=O)[O-]. The Hall–Kier alpha value is -2.63. The van der Waals surface area contributed by atoms with Crippen molar-refractivity contribution in [2.24, 2.45) is 0 Å². The standard InChI is InChI=1S/C16H15NO5/c1-22-13-8-9(6-7-12(13)16(20)21)17-14(18)10-4-2-3-5-11(10)15(17)19/h6-8H,2-5H2,1H3,(H,20,21)/p-1. The molecule has 0 radical (unpaired) electrons. The molecule has 0 saturated heterocycles. The van der Waals surface area contributed by atoms with Crippen LogP contribution in [0.2, 0.25) is 0 Å². The van der Waals surface area contributed by atoms with Crippen molar-refractivity contribution in [2.45, 2.75) is 25.7 Å². The maximum atomic E-state index is 12.4. The molecule has 0 unspecified atom stereocenters. The quantitative estimate of drug-likeness (QED) is 0.771. The van der Waals surface area contributed by atoms with Gasteiger partial charge in [0.05, 0.1) is 18.8 Å². The first-order valence-electron chi connectivity index (χ1n) is 7.04. The third-order valence-corrected chi connectivity index (χ3v) is 4.05. The molecule has 0 bridgehead atoms. The number of ether oxygens (including phenoxy) is 1. The molecule has 6 nitrogen and oxygen atoms in total. The summed E-state index contributed by atoms with van der Waals surface area (Å²) < 4.78 is 5.01. The second kappa shape index (κ2) is 5.29. The minimum Gasteiger partial charge on any atom is -0.545 e. The van der Waals surface area contributed by atoms with Crippen LogP contribution in [-0.4, -0.2) is 24.9 Å². The van der Waals surface area contributed by atoms with Gasteiger partial charge in [-0.1, -0.05) is 0 Å². The molecule has 3 rings (SSSR count). The summed E-state index contributed by atoms with van der Waals surface area (Å²) in [4.78, 5) is 37.0. The number of anilines is 1. The van der Waals surface area contributed by atoms with E-state index in [1.807, 2.05) is 0 Å². The van der Waals surface area contributed by atoms with Crippen LogP contribution in [0.5, 0.6) is 5.75 Å². The number of benzene rings is 1. The van der Waals surface area contributed by atoms with Crippen LogP contribution >= 0.6 is 0 Å². The van der Waals surface area contributed by atoms with Crippen LogP contribution in [0.4, 0.5) is 5.69 Å². The van der Waals surface area contributed by atoms with Crippen molar-refractivity contribution in [3.8, 4) is 5.75 Å². The first-order valence-corrected chi connectivity index (χ1v) is 7.04. The lowest BCUT2D eigenvalue weighted by Crippen LogP contribution is -2.31. The minimum atomic E-state index is -1.38. The third kappa shape index (κ3) is 2.07. The largest absolute Gasteiger partial charge is 0.545 e. The molecule has 2 aliphatic rings. The number of rotatable bonds is 3. The molecule has 1 aliphatic heterocycles. The van der Waals surface area contributed by atoms with Gasteiger partial charge < -0.3 is 14.6 Å². The highest BCUT2D eigenvalue weighted by Gasteiger charge is 2.39. The van der Waals surface area contributed by atoms with Crippen molar-refractivity contribution in [2.75, 3.05) is 12.0 Å². The normalized spacial score (nSPS) is 17.8. The van der Waals surface area contributed by atoms with E-state index in [1.165, 1.54) is 25.3 Å². The molecular formula is C16H14NO5-. The summed E-state index contributed by atoms with van der Waals surface area (Å²) in [5.74, 6) is -1.95. The molecule has 0 atom stereocenters. The van der Waals surface area contributed by atoms with Crippen LogP contribution in [-0.2, 0) is 9.59 Å². The molecule has 0 saturated carbocycles. The van der Waals surface area contributed by atoms with Gasteiger partial charge in [0.1, 0.15) is 5.75 Å². The Kier molecular flexibility index (Phi) is 3.44. The zero-order chi connectivity index (χ0) is 15.9. The van der Waals surface area contributed by atoms with Gasteiger partial charge in [-0.3, -0.25) is 9.59 Å². The number of hydrogen-bond donors (Lipinski definition) is 0. The summed E-state index contributed by atoms with van der Waals surface area (Å²) in [6, 6.07) is 4.07. The smallest absolute Gasteiger partial charge is 0.261 e. The Morgan fingerprint density at radius 2 is 1.73 bits per heavy atom. The van der Waals surface area contributed by atoms with Crippen molar-refractivity contribution in [3.63, 3.8) is 0 Å². The maximum absolute atomic E-state index is 12.4. The van der Waals surface area contributed by atoms with Crippen LogP contribution in [0, 0.1) is 0 Å². The lowest BCUT2D eigenvalue weighted by Gasteiger charge is -2.18. The molecule has 1 aliphatic carbocycles. The van der Waals surface area contributed by atoms with Crippen LogP contribution < -0.4 is 14.7 Å². The van der Waals surface area contributed by atoms with Crippen LogP contribution in [0.25, 0.3) is 0 Å². The molecule has 0 fully saturated rings. The fourth-order valence-corrected chi connectivity index (χ4v) is 2.96. The number of hydrogen-bond acceptors (Lipinski definition) is 5. The Bertz CT molecular complexity index is 691. The fourth-order valence-electron chi connectivity index (χ4n) is 2.96. The predicted molar refractivity (Wildman–Crippen MR) is 75.3 cm³/mol. The Balaban J connectivity index is 2.01. The van der Waals surface area contributed by atoms with E-state index in [4.69, 9.17) is 4.74 Å². The molecule has 1 aromatic rings. The van der Waals surface area contributed by atoms with E-state index >= 15 is 0 Å². The summed E-state index contributed by atoms with van der Waals surface area (Å²) in [5.41, 5.74) is 1.35. The lowest BCUT2D eigenvalue weighted by molar-refractivity contribution is -0.255. The van der Waals surface area contributed by atoms with Crippen LogP contribution in [0.3, 0.4) is 0 Å². The van der Waals surface area contributed by atoms with Gasteiger partial charge in [0, 0.05) is 22.8 Å². The molecule has 0 aromatic heterocycles. The summed E-state index contributed by atoms with van der Waals surface area (Å²) in [7, 11) is 1.32. The van der Waals surface area contributed by atoms with Gasteiger partial charge in [-0.2, -0.15) is 0 Å². The molecule has 1 aromatic carbocycles. The van der Waals surface area contributed by atoms with Crippen LogP contribution in [0.15, 0.2) is 29.3 Å². The van der Waals surface area contributed by atoms with Gasteiger partial charge >= 0.3 is 0 Å². The summed E-state index contributed by atoms with van der Waals surface area (Å²) >= 11 is 0. The second-order valence-electron chi connectivity index (χ2n) is 5.28. The van der Waals surface area contributed by atoms with E-state index in [-0.39, 0.29) is 23.1 Å². The fraction of sp³-hybridized carbons (Fsp3) is 0.312. The number of carboxylic acid groups (broad SMARTS) is 1. The predicted octanol–water partition coefficient (Wildman–Crippen LogP) is 0.802. The first-order chi connectivity index (χ1) is 10.5. The van der Waals surface area contributed by atoms with E-state index < -0.39 is 5.97 Å². The molecule has 2 amide bonds. The highest BCUT2D eigenvalue weighted by molar-refractivity contribution is 6.33. The van der Waals surface area contributed by atoms with Gasteiger partial charge in [-0.25, -0.2) is 4.90 Å². The molecule has 6 heteroatoms. The highest BCUT2D eigenvalue weighted by Crippen LogP contribution is 2.37. The lowest BCUT2D eigenvalue weighted by atomic mass is 9.93. The number of methoxy groups -OCH3 is 1. The minimum absolute atomic E-state index is 0.0583. The second-order valence-corrected chi connectivity index (χ2v) is 5.28.